The largest absolute Gasteiger partial charge is 0.381 e. The van der Waals surface area contributed by atoms with Crippen LogP contribution in [0, 0.1) is 17.8 Å². The van der Waals surface area contributed by atoms with Gasteiger partial charge in [-0.05, 0) is 43.4 Å². The fourth-order valence-electron chi connectivity index (χ4n) is 3.46. The van der Waals surface area contributed by atoms with E-state index in [1.165, 1.54) is 37.5 Å². The third-order valence-corrected chi connectivity index (χ3v) is 4.99. The normalized spacial score (nSPS) is 13.9. The fraction of sp³-hybridized carbons (Fsp3) is 0.409. The van der Waals surface area contributed by atoms with Crippen molar-refractivity contribution in [2.45, 2.75) is 57.9 Å². The van der Waals surface area contributed by atoms with Gasteiger partial charge in [0.2, 0.25) is 0 Å². The Kier molecular flexibility index (Phi) is 6.43. The molecule has 0 aliphatic heterocycles. The van der Waals surface area contributed by atoms with Gasteiger partial charge < -0.3 is 16.0 Å². The summed E-state index contributed by atoms with van der Waals surface area (Å²) in [5, 5.41) is 14.5. The number of anilines is 3. The molecule has 0 saturated heterocycles. The monoisotopic (exact) mass is 361 g/mol. The second kappa shape index (κ2) is 9.18. The summed E-state index contributed by atoms with van der Waals surface area (Å²) < 4.78 is 0. The molecule has 0 spiro atoms. The van der Waals surface area contributed by atoms with Gasteiger partial charge in [0, 0.05) is 29.6 Å². The molecule has 0 unspecified atom stereocenters. The number of aryl methyl sites for hydroxylation is 1. The van der Waals surface area contributed by atoms with Crippen LogP contribution in [0.1, 0.15) is 62.1 Å². The molecule has 1 saturated carbocycles. The number of terminal acetylenes is 1. The zero-order valence-electron chi connectivity index (χ0n) is 15.9. The second-order valence-corrected chi connectivity index (χ2v) is 7.03. The Morgan fingerprint density at radius 3 is 2.78 bits per heavy atom. The van der Waals surface area contributed by atoms with Gasteiger partial charge in [-0.1, -0.05) is 32.1 Å². The van der Waals surface area contributed by atoms with Crippen molar-refractivity contribution in [3.8, 4) is 12.3 Å². The van der Waals surface area contributed by atoms with Crippen LogP contribution in [-0.4, -0.2) is 22.2 Å². The van der Waals surface area contributed by atoms with Crippen molar-refractivity contribution in [1.82, 2.24) is 9.97 Å². The first-order valence-electron chi connectivity index (χ1n) is 9.73. The van der Waals surface area contributed by atoms with E-state index in [2.05, 4.69) is 39.5 Å². The van der Waals surface area contributed by atoms with Gasteiger partial charge in [-0.2, -0.15) is 0 Å². The maximum Gasteiger partial charge on any atom is 0.140 e. The van der Waals surface area contributed by atoms with Crippen LogP contribution in [0.15, 0.2) is 24.5 Å². The number of hydrogen-bond donors (Lipinski definition) is 3. The lowest BCUT2D eigenvalue weighted by Gasteiger charge is -2.18. The minimum atomic E-state index is 0.563. The zero-order valence-corrected chi connectivity index (χ0v) is 15.9. The highest BCUT2D eigenvalue weighted by molar-refractivity contribution is 5.86. The molecule has 0 radical (unpaired) electrons. The third kappa shape index (κ3) is 4.85. The van der Waals surface area contributed by atoms with Crippen LogP contribution in [0.25, 0.3) is 0 Å². The molecule has 27 heavy (non-hydrogen) atoms. The highest BCUT2D eigenvalue weighted by atomic mass is 15.1. The van der Waals surface area contributed by atoms with Crippen molar-refractivity contribution in [3.63, 3.8) is 0 Å². The van der Waals surface area contributed by atoms with E-state index in [4.69, 9.17) is 11.8 Å². The average molecular weight is 361 g/mol. The van der Waals surface area contributed by atoms with Crippen molar-refractivity contribution >= 4 is 23.5 Å². The lowest BCUT2D eigenvalue weighted by molar-refractivity contribution is 0.746. The fourth-order valence-corrected chi connectivity index (χ4v) is 3.46. The van der Waals surface area contributed by atoms with Gasteiger partial charge in [-0.3, -0.25) is 0 Å². The number of nitrogens with zero attached hydrogens (tertiary/aromatic N) is 2. The molecule has 2 aromatic rings. The Bertz CT molecular complexity index is 831. The number of pyridine rings is 2. The number of aromatic nitrogens is 2. The molecular formula is C22H27N5. The number of rotatable bonds is 8. The van der Waals surface area contributed by atoms with E-state index in [0.717, 1.165) is 30.8 Å². The summed E-state index contributed by atoms with van der Waals surface area (Å²) in [6, 6.07) is 4.43. The summed E-state index contributed by atoms with van der Waals surface area (Å²) in [6.07, 6.45) is 18.6. The van der Waals surface area contributed by atoms with Crippen molar-refractivity contribution in [2.75, 3.05) is 10.6 Å². The first kappa shape index (κ1) is 18.9. The molecule has 3 N–H and O–H groups in total. The maximum absolute atomic E-state index is 7.61. The van der Waals surface area contributed by atoms with Gasteiger partial charge in [0.05, 0.1) is 11.9 Å². The quantitative estimate of drug-likeness (QED) is 0.462. The Labute approximate surface area is 161 Å². The standard InChI is InChI=1S/C22H27N5/c1-3-5-8-17-12-21(24-15-20(17)26-19-9-6-7-10-19)27-22-18(13-23)11-16(4-2)14-25-22/h2,11-15,19,23,26H,3,5-10H2,1H3,(H,24,25,27). The van der Waals surface area contributed by atoms with Crippen LogP contribution in [0.4, 0.5) is 17.3 Å². The summed E-state index contributed by atoms with van der Waals surface area (Å²) in [7, 11) is 0. The molecule has 140 valence electrons. The van der Waals surface area contributed by atoms with Crippen LogP contribution < -0.4 is 10.6 Å². The summed E-state index contributed by atoms with van der Waals surface area (Å²) >= 11 is 0. The van der Waals surface area contributed by atoms with Crippen LogP contribution in [-0.2, 0) is 6.42 Å². The Morgan fingerprint density at radius 1 is 1.26 bits per heavy atom. The SMILES string of the molecule is C#Cc1cnc(Nc2cc(CCCC)c(NC3CCCC3)cn2)c(C=N)c1. The lowest BCUT2D eigenvalue weighted by atomic mass is 10.1. The maximum atomic E-state index is 7.61. The molecule has 5 nitrogen and oxygen atoms in total. The Balaban J connectivity index is 1.83. The zero-order chi connectivity index (χ0) is 19.1. The van der Waals surface area contributed by atoms with Crippen molar-refractivity contribution in [1.29, 1.82) is 5.41 Å². The molecule has 2 aromatic heterocycles. The van der Waals surface area contributed by atoms with E-state index in [1.807, 2.05) is 6.20 Å². The van der Waals surface area contributed by atoms with Gasteiger partial charge in [0.1, 0.15) is 11.6 Å². The van der Waals surface area contributed by atoms with Gasteiger partial charge >= 0.3 is 0 Å². The predicted octanol–water partition coefficient (Wildman–Crippen LogP) is 4.90. The molecule has 1 aliphatic rings. The van der Waals surface area contributed by atoms with E-state index in [9.17, 15) is 0 Å². The van der Waals surface area contributed by atoms with Crippen LogP contribution in [0.5, 0.6) is 0 Å². The van der Waals surface area contributed by atoms with Crippen molar-refractivity contribution in [2.24, 2.45) is 0 Å². The van der Waals surface area contributed by atoms with E-state index in [-0.39, 0.29) is 0 Å². The summed E-state index contributed by atoms with van der Waals surface area (Å²) in [4.78, 5) is 8.93. The lowest BCUT2D eigenvalue weighted by Crippen LogP contribution is -2.16. The smallest absolute Gasteiger partial charge is 0.140 e. The van der Waals surface area contributed by atoms with E-state index < -0.39 is 0 Å². The molecule has 5 heteroatoms. The first-order chi connectivity index (χ1) is 13.2. The second-order valence-electron chi connectivity index (χ2n) is 7.03. The van der Waals surface area contributed by atoms with Crippen LogP contribution in [0.2, 0.25) is 0 Å². The van der Waals surface area contributed by atoms with E-state index >= 15 is 0 Å². The van der Waals surface area contributed by atoms with Gasteiger partial charge in [-0.25, -0.2) is 9.97 Å². The van der Waals surface area contributed by atoms with Crippen molar-refractivity contribution < 1.29 is 0 Å². The van der Waals surface area contributed by atoms with Gasteiger partial charge in [0.15, 0.2) is 0 Å². The van der Waals surface area contributed by atoms with Crippen LogP contribution in [0.3, 0.4) is 0 Å². The number of hydrogen-bond acceptors (Lipinski definition) is 5. The number of nitrogens with one attached hydrogen (secondary N) is 3. The topological polar surface area (TPSA) is 73.7 Å². The molecule has 1 fully saturated rings. The molecule has 0 aromatic carbocycles. The van der Waals surface area contributed by atoms with Gasteiger partial charge in [-0.15, -0.1) is 6.42 Å². The Morgan fingerprint density at radius 2 is 2.07 bits per heavy atom. The molecule has 1 aliphatic carbocycles. The number of unbranched alkanes of at least 4 members (excludes halogenated alkanes) is 1. The molecule has 0 amide bonds. The molecule has 0 atom stereocenters. The van der Waals surface area contributed by atoms with Gasteiger partial charge in [0.25, 0.3) is 0 Å². The molecule has 3 rings (SSSR count). The minimum absolute atomic E-state index is 0.563. The Hall–Kier alpha value is -2.87. The average Bonchev–Trinajstić information content (AvgIpc) is 3.21. The third-order valence-electron chi connectivity index (χ3n) is 4.99. The van der Waals surface area contributed by atoms with E-state index in [1.54, 1.807) is 12.3 Å². The van der Waals surface area contributed by atoms with E-state index in [0.29, 0.717) is 23.0 Å². The first-order valence-corrected chi connectivity index (χ1v) is 9.73. The predicted molar refractivity (Wildman–Crippen MR) is 112 cm³/mol. The summed E-state index contributed by atoms with van der Waals surface area (Å²) in [6.45, 7) is 2.21. The van der Waals surface area contributed by atoms with Crippen LogP contribution >= 0.6 is 0 Å². The summed E-state index contributed by atoms with van der Waals surface area (Å²) in [5.74, 6) is 3.88. The molecular weight excluding hydrogens is 334 g/mol. The molecule has 0 bridgehead atoms. The summed E-state index contributed by atoms with van der Waals surface area (Å²) in [5.41, 5.74) is 3.73. The highest BCUT2D eigenvalue weighted by Gasteiger charge is 2.16. The molecule has 2 heterocycles. The van der Waals surface area contributed by atoms with Crippen molar-refractivity contribution in [3.05, 3.63) is 41.2 Å². The minimum Gasteiger partial charge on any atom is -0.381 e. The highest BCUT2D eigenvalue weighted by Crippen LogP contribution is 2.27.